The minimum Gasteiger partial charge on any atom is -0.497 e. The minimum atomic E-state index is 0.318. The molecule has 0 aliphatic heterocycles. The number of anilines is 1. The molecule has 1 unspecified atom stereocenters. The largest absolute Gasteiger partial charge is 0.497 e. The number of para-hydroxylation sites is 1. The van der Waals surface area contributed by atoms with E-state index >= 15 is 0 Å². The molecule has 1 aliphatic carbocycles. The highest BCUT2D eigenvalue weighted by Gasteiger charge is 2.21. The zero-order valence-corrected chi connectivity index (χ0v) is 13.2. The Morgan fingerprint density at radius 1 is 1.24 bits per heavy atom. The number of hydrogen-bond acceptors (Lipinski definition) is 2. The van der Waals surface area contributed by atoms with Crippen molar-refractivity contribution in [1.29, 1.82) is 0 Å². The molecule has 0 saturated carbocycles. The van der Waals surface area contributed by atoms with E-state index in [9.17, 15) is 0 Å². The van der Waals surface area contributed by atoms with Crippen LogP contribution in [0.4, 0.5) is 5.69 Å². The third-order valence-electron chi connectivity index (χ3n) is 4.20. The molecule has 0 saturated heterocycles. The third kappa shape index (κ3) is 2.86. The van der Waals surface area contributed by atoms with E-state index in [-0.39, 0.29) is 0 Å². The average Bonchev–Trinajstić information content (AvgIpc) is 2.50. The summed E-state index contributed by atoms with van der Waals surface area (Å²) < 4.78 is 5.33. The maximum absolute atomic E-state index is 6.34. The monoisotopic (exact) mass is 301 g/mol. The van der Waals surface area contributed by atoms with Gasteiger partial charge in [-0.2, -0.15) is 0 Å². The fourth-order valence-corrected chi connectivity index (χ4v) is 3.33. The second-order valence-electron chi connectivity index (χ2n) is 5.59. The van der Waals surface area contributed by atoms with E-state index in [1.54, 1.807) is 7.11 Å². The molecule has 0 spiro atoms. The maximum Gasteiger partial charge on any atom is 0.119 e. The van der Waals surface area contributed by atoms with Gasteiger partial charge in [-0.05, 0) is 61.1 Å². The number of nitrogens with one attached hydrogen (secondary N) is 1. The summed E-state index contributed by atoms with van der Waals surface area (Å²) in [6.07, 6.45) is 3.43. The molecule has 0 aromatic heterocycles. The van der Waals surface area contributed by atoms with Crippen molar-refractivity contribution in [2.45, 2.75) is 32.2 Å². The topological polar surface area (TPSA) is 21.3 Å². The Hall–Kier alpha value is -1.67. The Kier molecular flexibility index (Phi) is 4.07. The first-order valence-corrected chi connectivity index (χ1v) is 7.75. The summed E-state index contributed by atoms with van der Waals surface area (Å²) in [4.78, 5) is 0. The Morgan fingerprint density at radius 2 is 2.10 bits per heavy atom. The van der Waals surface area contributed by atoms with Crippen LogP contribution in [0.3, 0.4) is 0 Å². The van der Waals surface area contributed by atoms with Crippen molar-refractivity contribution >= 4 is 17.3 Å². The summed E-state index contributed by atoms with van der Waals surface area (Å²) in [6, 6.07) is 12.7. The van der Waals surface area contributed by atoms with Crippen LogP contribution in [0.15, 0.2) is 36.4 Å². The zero-order chi connectivity index (χ0) is 14.8. The second kappa shape index (κ2) is 5.98. The molecule has 110 valence electrons. The zero-order valence-electron chi connectivity index (χ0n) is 12.4. The molecule has 21 heavy (non-hydrogen) atoms. The molecule has 1 aliphatic rings. The van der Waals surface area contributed by atoms with Crippen molar-refractivity contribution in [2.24, 2.45) is 0 Å². The van der Waals surface area contributed by atoms with Gasteiger partial charge in [0.2, 0.25) is 0 Å². The lowest BCUT2D eigenvalue weighted by Gasteiger charge is -2.28. The molecule has 2 aromatic carbocycles. The van der Waals surface area contributed by atoms with E-state index in [0.29, 0.717) is 6.04 Å². The minimum absolute atomic E-state index is 0.318. The number of aryl methyl sites for hydroxylation is 2. The van der Waals surface area contributed by atoms with Gasteiger partial charge >= 0.3 is 0 Å². The van der Waals surface area contributed by atoms with Crippen LogP contribution in [0.2, 0.25) is 5.02 Å². The first kappa shape index (κ1) is 14.3. The smallest absolute Gasteiger partial charge is 0.119 e. The molecule has 1 N–H and O–H groups in total. The third-order valence-corrected chi connectivity index (χ3v) is 4.52. The molecule has 0 radical (unpaired) electrons. The number of methoxy groups -OCH3 is 1. The second-order valence-corrected chi connectivity index (χ2v) is 5.99. The number of ether oxygens (including phenoxy) is 1. The first-order valence-electron chi connectivity index (χ1n) is 7.37. The number of hydrogen-bond donors (Lipinski definition) is 1. The molecule has 0 fully saturated rings. The van der Waals surface area contributed by atoms with Crippen molar-refractivity contribution in [1.82, 2.24) is 0 Å². The number of rotatable bonds is 3. The van der Waals surface area contributed by atoms with Gasteiger partial charge in [0.1, 0.15) is 5.75 Å². The van der Waals surface area contributed by atoms with Crippen molar-refractivity contribution in [2.75, 3.05) is 12.4 Å². The lowest BCUT2D eigenvalue weighted by molar-refractivity contribution is 0.413. The average molecular weight is 302 g/mol. The highest BCUT2D eigenvalue weighted by Crippen LogP contribution is 2.37. The van der Waals surface area contributed by atoms with Crippen LogP contribution in [0.5, 0.6) is 5.75 Å². The Labute approximate surface area is 131 Å². The fourth-order valence-electron chi connectivity index (χ4n) is 3.06. The first-order chi connectivity index (χ1) is 10.2. The van der Waals surface area contributed by atoms with Crippen LogP contribution >= 0.6 is 11.6 Å². The lowest BCUT2D eigenvalue weighted by atomic mass is 9.87. The lowest BCUT2D eigenvalue weighted by Crippen LogP contribution is -2.18. The predicted octanol–water partition coefficient (Wildman–Crippen LogP) is 5.15. The van der Waals surface area contributed by atoms with Gasteiger partial charge in [0.05, 0.1) is 23.9 Å². The van der Waals surface area contributed by atoms with E-state index in [1.807, 2.05) is 18.2 Å². The van der Waals surface area contributed by atoms with Gasteiger partial charge in [0.25, 0.3) is 0 Å². The summed E-state index contributed by atoms with van der Waals surface area (Å²) >= 11 is 6.34. The van der Waals surface area contributed by atoms with Crippen molar-refractivity contribution in [3.05, 3.63) is 58.1 Å². The molecule has 0 bridgehead atoms. The molecule has 1 atom stereocenters. The summed E-state index contributed by atoms with van der Waals surface area (Å²) in [6.45, 7) is 2.09. The normalized spacial score (nSPS) is 17.2. The van der Waals surface area contributed by atoms with Gasteiger partial charge in [-0.3, -0.25) is 0 Å². The molecular formula is C18H20ClNO. The summed E-state index contributed by atoms with van der Waals surface area (Å²) in [5.74, 6) is 0.934. The fraction of sp³-hybridized carbons (Fsp3) is 0.333. The van der Waals surface area contributed by atoms with Crippen molar-refractivity contribution < 1.29 is 4.74 Å². The van der Waals surface area contributed by atoms with E-state index < -0.39 is 0 Å². The van der Waals surface area contributed by atoms with Crippen LogP contribution in [0.1, 0.15) is 35.6 Å². The highest BCUT2D eigenvalue weighted by atomic mass is 35.5. The summed E-state index contributed by atoms with van der Waals surface area (Å²) in [7, 11) is 1.72. The highest BCUT2D eigenvalue weighted by molar-refractivity contribution is 6.33. The molecule has 2 aromatic rings. The molecular weight excluding hydrogens is 282 g/mol. The van der Waals surface area contributed by atoms with E-state index in [1.165, 1.54) is 23.1 Å². The van der Waals surface area contributed by atoms with E-state index in [4.69, 9.17) is 16.3 Å². The van der Waals surface area contributed by atoms with Crippen molar-refractivity contribution in [3.63, 3.8) is 0 Å². The number of halogens is 1. The Morgan fingerprint density at radius 3 is 2.86 bits per heavy atom. The van der Waals surface area contributed by atoms with Crippen LogP contribution < -0.4 is 10.1 Å². The number of fused-ring (bicyclic) bond motifs is 1. The van der Waals surface area contributed by atoms with Crippen LogP contribution in [0, 0.1) is 6.92 Å². The summed E-state index contributed by atoms with van der Waals surface area (Å²) in [5.41, 5.74) is 4.97. The van der Waals surface area contributed by atoms with Crippen LogP contribution in [-0.4, -0.2) is 7.11 Å². The predicted molar refractivity (Wildman–Crippen MR) is 88.5 cm³/mol. The van der Waals surface area contributed by atoms with Crippen LogP contribution in [0.25, 0.3) is 0 Å². The Bertz CT molecular complexity index is 633. The van der Waals surface area contributed by atoms with E-state index in [0.717, 1.165) is 29.3 Å². The van der Waals surface area contributed by atoms with Crippen LogP contribution in [-0.2, 0) is 6.42 Å². The van der Waals surface area contributed by atoms with Gasteiger partial charge in [0, 0.05) is 0 Å². The molecule has 3 rings (SSSR count). The Balaban J connectivity index is 1.92. The van der Waals surface area contributed by atoms with Crippen molar-refractivity contribution in [3.8, 4) is 5.75 Å². The van der Waals surface area contributed by atoms with Gasteiger partial charge in [-0.25, -0.2) is 0 Å². The van der Waals surface area contributed by atoms with E-state index in [2.05, 4.69) is 30.4 Å². The maximum atomic E-state index is 6.34. The molecule has 0 heterocycles. The van der Waals surface area contributed by atoms with Gasteiger partial charge < -0.3 is 10.1 Å². The molecule has 3 heteroatoms. The summed E-state index contributed by atoms with van der Waals surface area (Å²) in [5, 5.41) is 4.43. The van der Waals surface area contributed by atoms with Gasteiger partial charge in [-0.1, -0.05) is 29.8 Å². The molecule has 0 amide bonds. The SMILES string of the molecule is COc1ccc2c(c1)CCCC2Nc1c(C)cccc1Cl. The molecule has 2 nitrogen and oxygen atoms in total. The standard InChI is InChI=1S/C18H20ClNO/c1-12-5-3-7-16(19)18(12)20-17-8-4-6-13-11-14(21-2)9-10-15(13)17/h3,5,7,9-11,17,20H,4,6,8H2,1-2H3. The van der Waals surface area contributed by atoms with Gasteiger partial charge in [0.15, 0.2) is 0 Å². The van der Waals surface area contributed by atoms with Gasteiger partial charge in [-0.15, -0.1) is 0 Å². The quantitative estimate of drug-likeness (QED) is 0.847. The number of benzene rings is 2.